The fourth-order valence-corrected chi connectivity index (χ4v) is 2.50. The van der Waals surface area contributed by atoms with E-state index in [0.29, 0.717) is 6.42 Å². The van der Waals surface area contributed by atoms with E-state index in [1.54, 1.807) is 7.11 Å². The third-order valence-electron chi connectivity index (χ3n) is 3.57. The zero-order valence-electron chi connectivity index (χ0n) is 12.7. The van der Waals surface area contributed by atoms with Gasteiger partial charge in [-0.3, -0.25) is 0 Å². The van der Waals surface area contributed by atoms with Gasteiger partial charge < -0.3 is 14.6 Å². The van der Waals surface area contributed by atoms with Crippen molar-refractivity contribution in [2.45, 2.75) is 19.3 Å². The number of likely N-dealkylation sites (tertiary alicyclic amines) is 1. The zero-order chi connectivity index (χ0) is 14.2. The normalized spacial score (nSPS) is 18.9. The number of nitrogens with zero attached hydrogens (tertiary/aromatic N) is 1. The molecule has 2 aromatic rings. The number of methoxy groups -OCH3 is 1. The first-order valence-corrected chi connectivity index (χ1v) is 6.49. The number of nitrogens with one attached hydrogen (secondary N) is 1. The summed E-state index contributed by atoms with van der Waals surface area (Å²) in [7, 11) is 1.65. The predicted octanol–water partition coefficient (Wildman–Crippen LogP) is 2.81. The van der Waals surface area contributed by atoms with Crippen molar-refractivity contribution in [3.05, 3.63) is 30.0 Å². The Morgan fingerprint density at radius 2 is 2.22 bits per heavy atom. The van der Waals surface area contributed by atoms with Gasteiger partial charge in [0.15, 0.2) is 0 Å². The van der Waals surface area contributed by atoms with Gasteiger partial charge >= 0.3 is 0 Å². The molecule has 0 amide bonds. The second-order valence-corrected chi connectivity index (χ2v) is 4.75. The lowest BCUT2D eigenvalue weighted by molar-refractivity contribution is 0.344. The number of H-pyrrole nitrogens is 1. The number of aromatic nitrogens is 1. The summed E-state index contributed by atoms with van der Waals surface area (Å²) in [6.07, 6.45) is 4.51. The third kappa shape index (κ3) is 2.23. The summed E-state index contributed by atoms with van der Waals surface area (Å²) in [4.78, 5) is 5.16. The number of aryl methyl sites for hydroxylation is 1. The predicted molar refractivity (Wildman–Crippen MR) is 74.2 cm³/mol. The molecule has 1 aromatic carbocycles. The number of hydrogen-bond donors (Lipinski definition) is 1. The van der Waals surface area contributed by atoms with Crippen molar-refractivity contribution in [2.24, 2.45) is 0 Å². The second-order valence-electron chi connectivity index (χ2n) is 4.75. The molecule has 3 heteroatoms. The monoisotopic (exact) mass is 246 g/mol. The van der Waals surface area contributed by atoms with E-state index < -0.39 is 6.50 Å². The summed E-state index contributed by atoms with van der Waals surface area (Å²) in [5.74, 6) is 0.806. The Labute approximate surface area is 111 Å². The van der Waals surface area contributed by atoms with Gasteiger partial charge in [-0.05, 0) is 56.1 Å². The van der Waals surface area contributed by atoms with E-state index in [4.69, 9.17) is 7.48 Å². The minimum absolute atomic E-state index is 0.403. The molecular formula is C15H20N2O. The Morgan fingerprint density at radius 3 is 3.00 bits per heavy atom. The molecule has 1 aliphatic rings. The highest BCUT2D eigenvalue weighted by atomic mass is 16.5. The van der Waals surface area contributed by atoms with Gasteiger partial charge in [-0.25, -0.2) is 0 Å². The summed E-state index contributed by atoms with van der Waals surface area (Å²) in [6.45, 7) is 0.437. The lowest BCUT2D eigenvalue weighted by atomic mass is 10.1. The van der Waals surface area contributed by atoms with Crippen LogP contribution in [0, 0.1) is 0 Å². The molecule has 0 spiro atoms. The number of rotatable bonds is 4. The van der Waals surface area contributed by atoms with Crippen molar-refractivity contribution in [2.75, 3.05) is 26.7 Å². The van der Waals surface area contributed by atoms with E-state index in [9.17, 15) is 0 Å². The number of benzene rings is 1. The molecule has 0 saturated carbocycles. The Hall–Kier alpha value is -1.48. The van der Waals surface area contributed by atoms with E-state index >= 15 is 0 Å². The molecular weight excluding hydrogens is 224 g/mol. The molecule has 3 nitrogen and oxygen atoms in total. The summed E-state index contributed by atoms with van der Waals surface area (Å²) < 4.78 is 21.9. The highest BCUT2D eigenvalue weighted by molar-refractivity contribution is 5.84. The van der Waals surface area contributed by atoms with Gasteiger partial charge in [0, 0.05) is 26.3 Å². The van der Waals surface area contributed by atoms with Crippen LogP contribution in [0.25, 0.3) is 10.9 Å². The first kappa shape index (κ1) is 9.45. The summed E-state index contributed by atoms with van der Waals surface area (Å²) in [5.41, 5.74) is 2.04. The molecule has 0 radical (unpaired) electrons. The summed E-state index contributed by atoms with van der Waals surface area (Å²) in [5, 5.41) is 1.05. The Morgan fingerprint density at radius 1 is 1.39 bits per heavy atom. The average molecular weight is 246 g/mol. The molecule has 1 saturated heterocycles. The topological polar surface area (TPSA) is 28.3 Å². The third-order valence-corrected chi connectivity index (χ3v) is 3.57. The molecule has 1 N–H and O–H groups in total. The van der Waals surface area contributed by atoms with Crippen molar-refractivity contribution in [3.8, 4) is 5.75 Å². The van der Waals surface area contributed by atoms with Crippen molar-refractivity contribution in [1.29, 1.82) is 0 Å². The van der Waals surface area contributed by atoms with Gasteiger partial charge in [0.25, 0.3) is 0 Å². The van der Waals surface area contributed by atoms with Gasteiger partial charge in [0.05, 0.1) is 7.11 Å². The van der Waals surface area contributed by atoms with Crippen molar-refractivity contribution >= 4 is 10.9 Å². The molecule has 3 rings (SSSR count). The highest BCUT2D eigenvalue weighted by Gasteiger charge is 2.12. The molecule has 96 valence electrons. The first-order valence-electron chi connectivity index (χ1n) is 7.49. The van der Waals surface area contributed by atoms with Crippen molar-refractivity contribution in [1.82, 2.24) is 9.88 Å². The second kappa shape index (κ2) is 5.02. The number of aromatic amines is 1. The average Bonchev–Trinajstić information content (AvgIpc) is 3.08. The standard InChI is InChI=1S/C15H20N2O/c1-18-13-4-5-15-14(10-13)12(11-16-15)6-9-17-7-2-3-8-17/h4-5,10-11,16H,2-3,6-9H2,1H3/i9D2. The first-order chi connectivity index (χ1) is 9.60. The van der Waals surface area contributed by atoms with E-state index in [1.807, 2.05) is 29.3 Å². The van der Waals surface area contributed by atoms with Crippen LogP contribution in [0.15, 0.2) is 24.4 Å². The highest BCUT2D eigenvalue weighted by Crippen LogP contribution is 2.24. The molecule has 1 fully saturated rings. The lowest BCUT2D eigenvalue weighted by Crippen LogP contribution is -2.21. The van der Waals surface area contributed by atoms with Crippen molar-refractivity contribution in [3.63, 3.8) is 0 Å². The fourth-order valence-electron chi connectivity index (χ4n) is 2.50. The van der Waals surface area contributed by atoms with Gasteiger partial charge in [0.2, 0.25) is 0 Å². The van der Waals surface area contributed by atoms with Crippen LogP contribution in [0.4, 0.5) is 0 Å². The number of hydrogen-bond acceptors (Lipinski definition) is 2. The van der Waals surface area contributed by atoms with Gasteiger partial charge in [-0.2, -0.15) is 0 Å². The van der Waals surface area contributed by atoms with Crippen LogP contribution in [0.1, 0.15) is 21.1 Å². The fraction of sp³-hybridized carbons (Fsp3) is 0.467. The van der Waals surface area contributed by atoms with E-state index in [2.05, 4.69) is 4.98 Å². The number of fused-ring (bicyclic) bond motifs is 1. The maximum atomic E-state index is 8.32. The SMILES string of the molecule is [2H]C([2H])(Cc1c[nH]c2ccc(OC)cc12)N1CCCC1. The molecule has 2 heterocycles. The quantitative estimate of drug-likeness (QED) is 0.898. The van der Waals surface area contributed by atoms with E-state index in [-0.39, 0.29) is 0 Å². The smallest absolute Gasteiger partial charge is 0.119 e. The lowest BCUT2D eigenvalue weighted by Gasteiger charge is -2.13. The van der Waals surface area contributed by atoms with Crippen LogP contribution in [0.2, 0.25) is 0 Å². The molecule has 0 bridgehead atoms. The van der Waals surface area contributed by atoms with Crippen LogP contribution in [-0.4, -0.2) is 36.6 Å². The molecule has 0 unspecified atom stereocenters. The van der Waals surface area contributed by atoms with Crippen LogP contribution < -0.4 is 4.74 Å². The minimum atomic E-state index is -1.28. The summed E-state index contributed by atoms with van der Waals surface area (Å²) >= 11 is 0. The molecule has 0 atom stereocenters. The van der Waals surface area contributed by atoms with Gasteiger partial charge in [-0.1, -0.05) is 0 Å². The van der Waals surface area contributed by atoms with E-state index in [1.165, 1.54) is 0 Å². The van der Waals surface area contributed by atoms with E-state index in [0.717, 1.165) is 48.1 Å². The minimum Gasteiger partial charge on any atom is -0.497 e. The Bertz CT molecular complexity index is 603. The van der Waals surface area contributed by atoms with Gasteiger partial charge in [0.1, 0.15) is 5.75 Å². The Kier molecular flexibility index (Phi) is 2.64. The maximum absolute atomic E-state index is 8.32. The molecule has 0 aliphatic carbocycles. The van der Waals surface area contributed by atoms with Crippen LogP contribution in [-0.2, 0) is 6.42 Å². The summed E-state index contributed by atoms with van der Waals surface area (Å²) in [6, 6.07) is 5.86. The van der Waals surface area contributed by atoms with Crippen LogP contribution in [0.5, 0.6) is 5.75 Å². The van der Waals surface area contributed by atoms with Crippen LogP contribution >= 0.6 is 0 Å². The van der Waals surface area contributed by atoms with Crippen molar-refractivity contribution < 1.29 is 7.48 Å². The molecule has 1 aliphatic heterocycles. The van der Waals surface area contributed by atoms with Gasteiger partial charge in [-0.15, -0.1) is 0 Å². The largest absolute Gasteiger partial charge is 0.497 e. The maximum Gasteiger partial charge on any atom is 0.119 e. The Balaban J connectivity index is 1.89. The molecule has 1 aromatic heterocycles. The molecule has 18 heavy (non-hydrogen) atoms. The zero-order valence-corrected chi connectivity index (χ0v) is 10.7. The number of ether oxygens (including phenoxy) is 1. The van der Waals surface area contributed by atoms with Crippen LogP contribution in [0.3, 0.4) is 0 Å².